The monoisotopic (exact) mass is 229 g/mol. The van der Waals surface area contributed by atoms with Gasteiger partial charge in [-0.05, 0) is 33.7 Å². The molecule has 1 amide bonds. The zero-order chi connectivity index (χ0) is 12.7. The minimum absolute atomic E-state index is 0.0911. The number of carbonyl (C=O) groups is 1. The number of nitrogens with zero attached hydrogens (tertiary/aromatic N) is 1. The first-order chi connectivity index (χ1) is 7.42. The van der Waals surface area contributed by atoms with E-state index in [1.165, 1.54) is 0 Å². The fourth-order valence-corrected chi connectivity index (χ4v) is 1.63. The third-order valence-corrected chi connectivity index (χ3v) is 2.95. The summed E-state index contributed by atoms with van der Waals surface area (Å²) in [7, 11) is 1.93. The smallest absolute Gasteiger partial charge is 0.237 e. The SMILES string of the molecule is CCC(CC)NC(=O)C(C)N(C)CC(C)N. The molecular formula is C12H27N3O. The van der Waals surface area contributed by atoms with Crippen molar-refractivity contribution in [2.45, 2.75) is 58.7 Å². The molecule has 0 aliphatic carbocycles. The molecule has 0 heterocycles. The summed E-state index contributed by atoms with van der Waals surface area (Å²) in [5.74, 6) is 0.0943. The lowest BCUT2D eigenvalue weighted by molar-refractivity contribution is -0.126. The second-order valence-corrected chi connectivity index (χ2v) is 4.61. The van der Waals surface area contributed by atoms with E-state index in [0.717, 1.165) is 19.4 Å². The molecule has 0 saturated heterocycles. The first kappa shape index (κ1) is 15.4. The van der Waals surface area contributed by atoms with Gasteiger partial charge in [0.05, 0.1) is 6.04 Å². The second-order valence-electron chi connectivity index (χ2n) is 4.61. The van der Waals surface area contributed by atoms with Gasteiger partial charge >= 0.3 is 0 Å². The molecule has 16 heavy (non-hydrogen) atoms. The number of hydrogen-bond donors (Lipinski definition) is 2. The maximum absolute atomic E-state index is 11.9. The van der Waals surface area contributed by atoms with Crippen LogP contribution in [0, 0.1) is 0 Å². The van der Waals surface area contributed by atoms with Gasteiger partial charge in [0.25, 0.3) is 0 Å². The normalized spacial score (nSPS) is 15.2. The van der Waals surface area contributed by atoms with Gasteiger partial charge in [-0.1, -0.05) is 13.8 Å². The predicted molar refractivity (Wildman–Crippen MR) is 68.3 cm³/mol. The molecule has 3 N–H and O–H groups in total. The average molecular weight is 229 g/mol. The summed E-state index contributed by atoms with van der Waals surface area (Å²) in [6, 6.07) is 0.263. The number of rotatable bonds is 7. The first-order valence-corrected chi connectivity index (χ1v) is 6.18. The van der Waals surface area contributed by atoms with Crippen molar-refractivity contribution in [1.29, 1.82) is 0 Å². The maximum Gasteiger partial charge on any atom is 0.237 e. The number of hydrogen-bond acceptors (Lipinski definition) is 3. The highest BCUT2D eigenvalue weighted by molar-refractivity contribution is 5.81. The van der Waals surface area contributed by atoms with Gasteiger partial charge in [-0.2, -0.15) is 0 Å². The van der Waals surface area contributed by atoms with Crippen molar-refractivity contribution in [3.05, 3.63) is 0 Å². The number of nitrogens with two attached hydrogens (primary N) is 1. The molecule has 0 aromatic heterocycles. The fourth-order valence-electron chi connectivity index (χ4n) is 1.63. The third kappa shape index (κ3) is 5.47. The molecule has 0 rings (SSSR count). The van der Waals surface area contributed by atoms with Crippen molar-refractivity contribution in [3.8, 4) is 0 Å². The second kappa shape index (κ2) is 7.63. The van der Waals surface area contributed by atoms with Gasteiger partial charge < -0.3 is 11.1 Å². The lowest BCUT2D eigenvalue weighted by Crippen LogP contribution is -2.49. The first-order valence-electron chi connectivity index (χ1n) is 6.18. The molecule has 0 aromatic rings. The molecule has 0 radical (unpaired) electrons. The van der Waals surface area contributed by atoms with Crippen LogP contribution in [0.25, 0.3) is 0 Å². The van der Waals surface area contributed by atoms with Crippen LogP contribution in [0.4, 0.5) is 0 Å². The molecule has 0 fully saturated rings. The van der Waals surface area contributed by atoms with Gasteiger partial charge in [0, 0.05) is 18.6 Å². The molecule has 2 atom stereocenters. The minimum atomic E-state index is -0.119. The van der Waals surface area contributed by atoms with Crippen molar-refractivity contribution in [1.82, 2.24) is 10.2 Å². The van der Waals surface area contributed by atoms with Crippen LogP contribution in [0.15, 0.2) is 0 Å². The summed E-state index contributed by atoms with van der Waals surface area (Å²) >= 11 is 0. The summed E-state index contributed by atoms with van der Waals surface area (Å²) in [6.45, 7) is 8.77. The van der Waals surface area contributed by atoms with Crippen molar-refractivity contribution < 1.29 is 4.79 Å². The Morgan fingerprint density at radius 2 is 1.81 bits per heavy atom. The molecule has 0 aliphatic rings. The molecule has 0 aromatic carbocycles. The van der Waals surface area contributed by atoms with Crippen molar-refractivity contribution in [2.24, 2.45) is 5.73 Å². The van der Waals surface area contributed by atoms with Crippen LogP contribution in [0.1, 0.15) is 40.5 Å². The Kier molecular flexibility index (Phi) is 7.34. The van der Waals surface area contributed by atoms with E-state index in [2.05, 4.69) is 19.2 Å². The Labute approximate surface area is 99.6 Å². The fraction of sp³-hybridized carbons (Fsp3) is 0.917. The van der Waals surface area contributed by atoms with E-state index in [1.807, 2.05) is 25.8 Å². The van der Waals surface area contributed by atoms with Crippen LogP contribution in [-0.4, -0.2) is 42.5 Å². The number of nitrogens with one attached hydrogen (secondary N) is 1. The summed E-state index contributed by atoms with van der Waals surface area (Å²) in [5, 5.41) is 3.05. The highest BCUT2D eigenvalue weighted by Gasteiger charge is 2.20. The highest BCUT2D eigenvalue weighted by Crippen LogP contribution is 2.01. The van der Waals surface area contributed by atoms with E-state index in [-0.39, 0.29) is 18.0 Å². The minimum Gasteiger partial charge on any atom is -0.352 e. The topological polar surface area (TPSA) is 58.4 Å². The van der Waals surface area contributed by atoms with Gasteiger partial charge in [0.2, 0.25) is 5.91 Å². The van der Waals surface area contributed by atoms with Crippen LogP contribution in [-0.2, 0) is 4.79 Å². The van der Waals surface area contributed by atoms with Crippen LogP contribution < -0.4 is 11.1 Å². The van der Waals surface area contributed by atoms with Crippen LogP contribution >= 0.6 is 0 Å². The Hall–Kier alpha value is -0.610. The average Bonchev–Trinajstić information content (AvgIpc) is 2.23. The summed E-state index contributed by atoms with van der Waals surface area (Å²) < 4.78 is 0. The molecule has 0 bridgehead atoms. The zero-order valence-electron chi connectivity index (χ0n) is 11.3. The predicted octanol–water partition coefficient (Wildman–Crippen LogP) is 0.959. The highest BCUT2D eigenvalue weighted by atomic mass is 16.2. The lowest BCUT2D eigenvalue weighted by Gasteiger charge is -2.27. The largest absolute Gasteiger partial charge is 0.352 e. The molecular weight excluding hydrogens is 202 g/mol. The van der Waals surface area contributed by atoms with Crippen LogP contribution in [0.3, 0.4) is 0 Å². The van der Waals surface area contributed by atoms with Crippen molar-refractivity contribution in [3.63, 3.8) is 0 Å². The van der Waals surface area contributed by atoms with Gasteiger partial charge in [-0.15, -0.1) is 0 Å². The molecule has 2 unspecified atom stereocenters. The number of likely N-dealkylation sites (N-methyl/N-ethyl adjacent to an activating group) is 1. The zero-order valence-corrected chi connectivity index (χ0v) is 11.3. The quantitative estimate of drug-likeness (QED) is 0.683. The summed E-state index contributed by atoms with van der Waals surface area (Å²) in [4.78, 5) is 13.9. The van der Waals surface area contributed by atoms with E-state index in [1.54, 1.807) is 0 Å². The van der Waals surface area contributed by atoms with Crippen LogP contribution in [0.5, 0.6) is 0 Å². The van der Waals surface area contributed by atoms with Crippen molar-refractivity contribution >= 4 is 5.91 Å². The van der Waals surface area contributed by atoms with E-state index in [0.29, 0.717) is 6.04 Å². The van der Waals surface area contributed by atoms with Gasteiger partial charge in [-0.25, -0.2) is 0 Å². The summed E-state index contributed by atoms with van der Waals surface area (Å²) in [5.41, 5.74) is 5.71. The van der Waals surface area contributed by atoms with Gasteiger partial charge in [-0.3, -0.25) is 9.69 Å². The van der Waals surface area contributed by atoms with Crippen molar-refractivity contribution in [2.75, 3.05) is 13.6 Å². The Morgan fingerprint density at radius 3 is 2.19 bits per heavy atom. The third-order valence-electron chi connectivity index (χ3n) is 2.95. The van der Waals surface area contributed by atoms with Gasteiger partial charge in [0.15, 0.2) is 0 Å². The standard InChI is InChI=1S/C12H27N3O/c1-6-11(7-2)14-12(16)10(4)15(5)8-9(3)13/h9-11H,6-8,13H2,1-5H3,(H,14,16). The van der Waals surface area contributed by atoms with E-state index >= 15 is 0 Å². The van der Waals surface area contributed by atoms with E-state index < -0.39 is 0 Å². The Morgan fingerprint density at radius 1 is 1.31 bits per heavy atom. The maximum atomic E-state index is 11.9. The van der Waals surface area contributed by atoms with Crippen LogP contribution in [0.2, 0.25) is 0 Å². The Balaban J connectivity index is 4.16. The number of carbonyl (C=O) groups excluding carboxylic acids is 1. The number of amides is 1. The van der Waals surface area contributed by atoms with E-state index in [4.69, 9.17) is 5.73 Å². The Bertz CT molecular complexity index is 202. The van der Waals surface area contributed by atoms with E-state index in [9.17, 15) is 4.79 Å². The molecule has 96 valence electrons. The molecule has 4 heteroatoms. The molecule has 0 spiro atoms. The van der Waals surface area contributed by atoms with Gasteiger partial charge in [0.1, 0.15) is 0 Å². The lowest BCUT2D eigenvalue weighted by atomic mass is 10.1. The molecule has 0 saturated carbocycles. The summed E-state index contributed by atoms with van der Waals surface area (Å²) in [6.07, 6.45) is 1.96. The molecule has 4 nitrogen and oxygen atoms in total. The molecule has 0 aliphatic heterocycles.